The fourth-order valence-corrected chi connectivity index (χ4v) is 5.05. The van der Waals surface area contributed by atoms with Gasteiger partial charge in [-0.1, -0.05) is 50.6 Å². The number of aliphatic hydroxyl groups is 1. The van der Waals surface area contributed by atoms with Gasteiger partial charge in [0.25, 0.3) is 5.91 Å². The van der Waals surface area contributed by atoms with Crippen LogP contribution in [-0.4, -0.2) is 47.2 Å². The predicted octanol–water partition coefficient (Wildman–Crippen LogP) is 6.76. The molecule has 2 atom stereocenters. The van der Waals surface area contributed by atoms with Crippen molar-refractivity contribution in [1.82, 2.24) is 15.2 Å². The van der Waals surface area contributed by atoms with Crippen LogP contribution in [0.4, 0.5) is 22.0 Å². The molecule has 0 unspecified atom stereocenters. The van der Waals surface area contributed by atoms with Crippen LogP contribution in [0, 0.1) is 11.6 Å². The number of aldehydes is 1. The van der Waals surface area contributed by atoms with E-state index < -0.39 is 36.4 Å². The van der Waals surface area contributed by atoms with Gasteiger partial charge < -0.3 is 20.3 Å². The lowest BCUT2D eigenvalue weighted by Crippen LogP contribution is -2.48. The van der Waals surface area contributed by atoms with Crippen LogP contribution in [0.5, 0.6) is 0 Å². The normalized spacial score (nSPS) is 12.5. The van der Waals surface area contributed by atoms with Crippen molar-refractivity contribution in [3.63, 3.8) is 0 Å². The van der Waals surface area contributed by atoms with E-state index in [9.17, 15) is 36.6 Å². The van der Waals surface area contributed by atoms with Gasteiger partial charge in [-0.05, 0) is 60.2 Å². The Morgan fingerprint density at radius 2 is 1.64 bits per heavy atom. The minimum atomic E-state index is -3.67. The van der Waals surface area contributed by atoms with Gasteiger partial charge >= 0.3 is 6.68 Å². The summed E-state index contributed by atoms with van der Waals surface area (Å²) < 4.78 is 58.8. The van der Waals surface area contributed by atoms with Crippen LogP contribution >= 0.6 is 0 Å². The van der Waals surface area contributed by atoms with Gasteiger partial charge in [-0.25, -0.2) is 8.78 Å². The number of fused-ring (bicyclic) bond motifs is 1. The molecule has 4 aromatic rings. The van der Waals surface area contributed by atoms with Crippen molar-refractivity contribution >= 4 is 23.1 Å². The Kier molecular flexibility index (Phi) is 13.7. The average Bonchev–Trinajstić information content (AvgIpc) is 3.35. The first-order valence-corrected chi connectivity index (χ1v) is 14.8. The Hall–Kier alpha value is -4.09. The largest absolute Gasteiger partial charge is 0.390 e. The highest BCUT2D eigenvalue weighted by Gasteiger charge is 2.24. The van der Waals surface area contributed by atoms with E-state index in [1.54, 1.807) is 24.4 Å². The van der Waals surface area contributed by atoms with E-state index in [4.69, 9.17) is 0 Å². The van der Waals surface area contributed by atoms with Crippen LogP contribution in [0.25, 0.3) is 10.9 Å². The summed E-state index contributed by atoms with van der Waals surface area (Å²) in [6.45, 7) is 1.88. The fourth-order valence-electron chi connectivity index (χ4n) is 5.05. The molecule has 3 aromatic carbocycles. The second-order valence-corrected chi connectivity index (χ2v) is 10.7. The Morgan fingerprint density at radius 3 is 2.29 bits per heavy atom. The number of rotatable bonds is 14. The monoisotopic (exact) mass is 631 g/mol. The number of carbonyl (C=O) groups excluding carboxylic acids is 2. The molecule has 6 nitrogen and oxygen atoms in total. The molecule has 0 bridgehead atoms. The number of aryl methyl sites for hydroxylation is 2. The lowest BCUT2D eigenvalue weighted by atomic mass is 9.99. The minimum Gasteiger partial charge on any atom is -0.390 e. The summed E-state index contributed by atoms with van der Waals surface area (Å²) in [6, 6.07) is 15.6. The SMILES string of the molecule is CCCCn1cc(C=O)c2ccc(C(=O)N[C@@H](Cc3cc(F)cc(F)c3)[C@H](O)CNCc3cccc(CC)c3)cc21.FC(F)F. The molecular weight excluding hydrogens is 593 g/mol. The van der Waals surface area contributed by atoms with Crippen molar-refractivity contribution in [2.75, 3.05) is 6.54 Å². The van der Waals surface area contributed by atoms with Gasteiger partial charge in [-0.15, -0.1) is 0 Å². The first-order valence-electron chi connectivity index (χ1n) is 14.8. The summed E-state index contributed by atoms with van der Waals surface area (Å²) in [7, 11) is 0. The topological polar surface area (TPSA) is 83.4 Å². The molecule has 0 aliphatic rings. The lowest BCUT2D eigenvalue weighted by molar-refractivity contribution is 0.00817. The molecule has 1 amide bonds. The second kappa shape index (κ2) is 17.4. The molecule has 45 heavy (non-hydrogen) atoms. The Labute approximate surface area is 259 Å². The third kappa shape index (κ3) is 10.8. The van der Waals surface area contributed by atoms with Gasteiger partial charge in [-0.3, -0.25) is 9.59 Å². The van der Waals surface area contributed by atoms with Crippen molar-refractivity contribution < 1.29 is 36.6 Å². The van der Waals surface area contributed by atoms with Crippen molar-refractivity contribution in [2.45, 2.75) is 71.4 Å². The standard InChI is InChI=1S/C33H37F2N3O3.CHF3/c1-3-5-11-38-20-26(21-39)29-10-9-25(16-31(29)38)33(41)37-30(15-24-13-27(34)17-28(35)14-24)32(40)19-36-18-23-8-6-7-22(4-2)12-23;2-1(3)4/h6-10,12-14,16-17,20-21,30,32,36,40H,3-5,11,15,18-19H2,1-2H3,(H,37,41);1H/t30-,32+;/m0./s1. The van der Waals surface area contributed by atoms with E-state index in [1.165, 1.54) is 17.7 Å². The molecule has 3 N–H and O–H groups in total. The number of nitrogens with one attached hydrogen (secondary N) is 2. The Bertz CT molecular complexity index is 1540. The van der Waals surface area contributed by atoms with Gasteiger partial charge in [-0.2, -0.15) is 13.2 Å². The minimum absolute atomic E-state index is 0.0268. The number of alkyl halides is 3. The zero-order chi connectivity index (χ0) is 32.9. The van der Waals surface area contributed by atoms with E-state index in [2.05, 4.69) is 36.6 Å². The number of hydrogen-bond acceptors (Lipinski definition) is 4. The maximum atomic E-state index is 13.9. The maximum absolute atomic E-state index is 13.9. The van der Waals surface area contributed by atoms with Crippen LogP contribution in [0.15, 0.2) is 66.9 Å². The van der Waals surface area contributed by atoms with Crippen molar-refractivity contribution in [3.05, 3.63) is 106 Å². The number of unbranched alkanes of at least 4 members (excludes halogenated alkanes) is 1. The van der Waals surface area contributed by atoms with Crippen molar-refractivity contribution in [2.24, 2.45) is 0 Å². The average molecular weight is 632 g/mol. The molecule has 1 heterocycles. The molecule has 0 spiro atoms. The second-order valence-electron chi connectivity index (χ2n) is 10.7. The number of nitrogens with zero attached hydrogens (tertiary/aromatic N) is 1. The zero-order valence-corrected chi connectivity index (χ0v) is 25.2. The van der Waals surface area contributed by atoms with E-state index >= 15 is 0 Å². The summed E-state index contributed by atoms with van der Waals surface area (Å²) in [5, 5.41) is 18.0. The van der Waals surface area contributed by atoms with Crippen molar-refractivity contribution in [3.8, 4) is 0 Å². The molecule has 0 aliphatic carbocycles. The number of aliphatic hydroxyl groups excluding tert-OH is 1. The van der Waals surface area contributed by atoms with Gasteiger partial charge in [0.15, 0.2) is 6.29 Å². The van der Waals surface area contributed by atoms with Gasteiger partial charge in [0, 0.05) is 53.9 Å². The van der Waals surface area contributed by atoms with E-state index in [0.717, 1.165) is 48.1 Å². The molecular formula is C34H38F5N3O3. The summed E-state index contributed by atoms with van der Waals surface area (Å²) in [5.74, 6) is -1.88. The number of amides is 1. The fraction of sp³-hybridized carbons (Fsp3) is 0.353. The number of benzene rings is 3. The number of hydrogen-bond donors (Lipinski definition) is 3. The van der Waals surface area contributed by atoms with E-state index in [1.807, 2.05) is 16.7 Å². The highest BCUT2D eigenvalue weighted by molar-refractivity contribution is 6.02. The molecule has 242 valence electrons. The van der Waals surface area contributed by atoms with Crippen LogP contribution in [0.1, 0.15) is 64.1 Å². The number of halogens is 5. The predicted molar refractivity (Wildman–Crippen MR) is 164 cm³/mol. The van der Waals surface area contributed by atoms with Gasteiger partial charge in [0.2, 0.25) is 0 Å². The van der Waals surface area contributed by atoms with Crippen LogP contribution in [0.3, 0.4) is 0 Å². The van der Waals surface area contributed by atoms with Gasteiger partial charge in [0.05, 0.1) is 12.1 Å². The summed E-state index contributed by atoms with van der Waals surface area (Å²) >= 11 is 0. The summed E-state index contributed by atoms with van der Waals surface area (Å²) in [5.41, 5.74) is 4.29. The van der Waals surface area contributed by atoms with Gasteiger partial charge in [0.1, 0.15) is 11.6 Å². The number of aromatic nitrogens is 1. The first kappa shape index (κ1) is 35.4. The Balaban J connectivity index is 0.00000130. The van der Waals surface area contributed by atoms with Crippen LogP contribution in [-0.2, 0) is 25.9 Å². The maximum Gasteiger partial charge on any atom is 0.379 e. The summed E-state index contributed by atoms with van der Waals surface area (Å²) in [6.07, 6.45) is 4.40. The van der Waals surface area contributed by atoms with E-state index in [0.29, 0.717) is 29.8 Å². The molecule has 0 fully saturated rings. The smallest absolute Gasteiger partial charge is 0.379 e. The highest BCUT2D eigenvalue weighted by Crippen LogP contribution is 2.23. The van der Waals surface area contributed by atoms with Crippen LogP contribution < -0.4 is 10.6 Å². The third-order valence-corrected chi connectivity index (χ3v) is 7.30. The molecule has 11 heteroatoms. The molecule has 0 radical (unpaired) electrons. The Morgan fingerprint density at radius 1 is 0.956 bits per heavy atom. The summed E-state index contributed by atoms with van der Waals surface area (Å²) in [4.78, 5) is 25.0. The first-order chi connectivity index (χ1) is 21.5. The highest BCUT2D eigenvalue weighted by atomic mass is 19.4. The molecule has 4 rings (SSSR count). The molecule has 1 aromatic heterocycles. The molecule has 0 saturated heterocycles. The molecule has 0 saturated carbocycles. The third-order valence-electron chi connectivity index (χ3n) is 7.30. The quantitative estimate of drug-likeness (QED) is 0.106. The molecule has 0 aliphatic heterocycles. The van der Waals surface area contributed by atoms with E-state index in [-0.39, 0.29) is 13.0 Å². The van der Waals surface area contributed by atoms with Crippen molar-refractivity contribution in [1.29, 1.82) is 0 Å². The zero-order valence-electron chi connectivity index (χ0n) is 25.2. The number of carbonyl (C=O) groups is 2. The van der Waals surface area contributed by atoms with Crippen LogP contribution in [0.2, 0.25) is 0 Å². The lowest BCUT2D eigenvalue weighted by Gasteiger charge is -2.25.